The van der Waals surface area contributed by atoms with Gasteiger partial charge in [0.05, 0.1) is 0 Å². The molecule has 1 aromatic carbocycles. The van der Waals surface area contributed by atoms with Gasteiger partial charge in [-0.1, -0.05) is 13.0 Å². The molecule has 2 aromatic rings. The number of alkyl halides is 2. The molecule has 0 saturated carbocycles. The number of ether oxygens (including phenoxy) is 3. The second-order valence-corrected chi connectivity index (χ2v) is 6.47. The third kappa shape index (κ3) is 2.96. The number of aromatic nitrogens is 1. The molecule has 1 saturated heterocycles. The predicted octanol–water partition coefficient (Wildman–Crippen LogP) is 3.42. The Hall–Kier alpha value is -3.43. The molecule has 1 unspecified atom stereocenters. The molecule has 4 rings (SSSR count). The molecule has 1 N–H and O–H groups in total. The van der Waals surface area contributed by atoms with Crippen molar-refractivity contribution in [2.24, 2.45) is 0 Å². The van der Waals surface area contributed by atoms with Crippen molar-refractivity contribution in [3.05, 3.63) is 36.4 Å². The second kappa shape index (κ2) is 6.04. The Bertz CT molecular complexity index is 983. The summed E-state index contributed by atoms with van der Waals surface area (Å²) in [5.41, 5.74) is -1.00. The van der Waals surface area contributed by atoms with E-state index in [4.69, 9.17) is 4.74 Å². The van der Waals surface area contributed by atoms with Gasteiger partial charge < -0.3 is 19.5 Å². The SMILES string of the molecule is CCC1(C)NC(=O)N(c2cccc(Oc3ccc4c(c3)OC(F)(F)O4)n2)C1=O. The van der Waals surface area contributed by atoms with Crippen molar-refractivity contribution in [3.63, 3.8) is 0 Å². The van der Waals surface area contributed by atoms with E-state index in [1.54, 1.807) is 19.9 Å². The van der Waals surface area contributed by atoms with Crippen molar-refractivity contribution in [3.8, 4) is 23.1 Å². The van der Waals surface area contributed by atoms with E-state index < -0.39 is 23.8 Å². The third-order valence-electron chi connectivity index (χ3n) is 4.50. The molecule has 3 heterocycles. The molecule has 28 heavy (non-hydrogen) atoms. The van der Waals surface area contributed by atoms with Crippen LogP contribution < -0.4 is 24.4 Å². The molecule has 1 atom stereocenters. The molecule has 0 spiro atoms. The molecule has 2 aliphatic heterocycles. The Morgan fingerprint density at radius 1 is 1.18 bits per heavy atom. The standard InChI is InChI=1S/C18H15F2N3O5/c1-3-17(2)15(24)23(16(25)22-17)13-5-4-6-14(21-13)26-10-7-8-11-12(9-10)28-18(19,20)27-11/h4-9H,3H2,1-2H3,(H,22,25). The average molecular weight is 391 g/mol. The second-order valence-electron chi connectivity index (χ2n) is 6.47. The van der Waals surface area contributed by atoms with Crippen LogP contribution in [0.2, 0.25) is 0 Å². The first-order valence-electron chi connectivity index (χ1n) is 8.42. The van der Waals surface area contributed by atoms with Crippen LogP contribution in [0.25, 0.3) is 0 Å². The van der Waals surface area contributed by atoms with Gasteiger partial charge in [-0.3, -0.25) is 4.79 Å². The van der Waals surface area contributed by atoms with Gasteiger partial charge in [0.2, 0.25) is 5.88 Å². The Labute approximate surface area is 158 Å². The third-order valence-corrected chi connectivity index (χ3v) is 4.50. The number of amides is 3. The summed E-state index contributed by atoms with van der Waals surface area (Å²) >= 11 is 0. The van der Waals surface area contributed by atoms with E-state index in [2.05, 4.69) is 19.8 Å². The maximum atomic E-state index is 13.1. The van der Waals surface area contributed by atoms with Crippen LogP contribution in [0.3, 0.4) is 0 Å². The summed E-state index contributed by atoms with van der Waals surface area (Å²) in [5.74, 6) is -0.391. The number of halogens is 2. The van der Waals surface area contributed by atoms with Crippen molar-refractivity contribution in [1.29, 1.82) is 0 Å². The molecule has 0 bridgehead atoms. The van der Waals surface area contributed by atoms with Gasteiger partial charge in [0, 0.05) is 12.1 Å². The number of hydrogen-bond donors (Lipinski definition) is 1. The quantitative estimate of drug-likeness (QED) is 0.804. The lowest BCUT2D eigenvalue weighted by atomic mass is 9.99. The molecule has 3 amide bonds. The van der Waals surface area contributed by atoms with Crippen LogP contribution in [0.15, 0.2) is 36.4 Å². The number of anilines is 1. The number of fused-ring (bicyclic) bond motifs is 1. The minimum absolute atomic E-state index is 0.0637. The fourth-order valence-corrected chi connectivity index (χ4v) is 2.83. The van der Waals surface area contributed by atoms with Crippen LogP contribution in [-0.4, -0.2) is 28.8 Å². The first-order chi connectivity index (χ1) is 13.2. The van der Waals surface area contributed by atoms with Gasteiger partial charge in [-0.15, -0.1) is 8.78 Å². The van der Waals surface area contributed by atoms with Crippen molar-refractivity contribution < 1.29 is 32.6 Å². The van der Waals surface area contributed by atoms with E-state index in [0.717, 1.165) is 4.90 Å². The number of imide groups is 1. The predicted molar refractivity (Wildman–Crippen MR) is 91.7 cm³/mol. The summed E-state index contributed by atoms with van der Waals surface area (Å²) in [7, 11) is 0. The highest BCUT2D eigenvalue weighted by Gasteiger charge is 2.48. The maximum Gasteiger partial charge on any atom is 0.586 e. The zero-order valence-corrected chi connectivity index (χ0v) is 14.9. The monoisotopic (exact) mass is 391 g/mol. The maximum absolute atomic E-state index is 13.1. The molecule has 10 heteroatoms. The summed E-state index contributed by atoms with van der Waals surface area (Å²) in [6.45, 7) is 3.42. The van der Waals surface area contributed by atoms with Gasteiger partial charge in [0.25, 0.3) is 5.91 Å². The smallest absolute Gasteiger partial charge is 0.439 e. The van der Waals surface area contributed by atoms with E-state index in [1.165, 1.54) is 30.3 Å². The summed E-state index contributed by atoms with van der Waals surface area (Å²) in [6.07, 6.45) is -3.30. The van der Waals surface area contributed by atoms with Crippen LogP contribution in [0.1, 0.15) is 20.3 Å². The Morgan fingerprint density at radius 2 is 1.93 bits per heavy atom. The van der Waals surface area contributed by atoms with E-state index in [1.807, 2.05) is 0 Å². The minimum Gasteiger partial charge on any atom is -0.439 e. The number of urea groups is 1. The van der Waals surface area contributed by atoms with Gasteiger partial charge in [0.15, 0.2) is 11.5 Å². The Kier molecular flexibility index (Phi) is 3.88. The molecular weight excluding hydrogens is 376 g/mol. The molecular formula is C18H15F2N3O5. The van der Waals surface area contributed by atoms with Crippen LogP contribution in [0.5, 0.6) is 23.1 Å². The number of carbonyl (C=O) groups is 2. The fraction of sp³-hybridized carbons (Fsp3) is 0.278. The van der Waals surface area contributed by atoms with Crippen LogP contribution in [0.4, 0.5) is 19.4 Å². The molecule has 1 fully saturated rings. The largest absolute Gasteiger partial charge is 0.586 e. The molecule has 0 aliphatic carbocycles. The van der Waals surface area contributed by atoms with Crippen LogP contribution in [0, 0.1) is 0 Å². The number of hydrogen-bond acceptors (Lipinski definition) is 6. The highest BCUT2D eigenvalue weighted by Crippen LogP contribution is 2.43. The van der Waals surface area contributed by atoms with E-state index in [-0.39, 0.29) is 28.9 Å². The molecule has 2 aliphatic rings. The van der Waals surface area contributed by atoms with Gasteiger partial charge in [0.1, 0.15) is 17.1 Å². The first kappa shape index (κ1) is 18.0. The van der Waals surface area contributed by atoms with E-state index in [0.29, 0.717) is 6.42 Å². The lowest BCUT2D eigenvalue weighted by molar-refractivity contribution is -0.286. The molecule has 1 aromatic heterocycles. The van der Waals surface area contributed by atoms with Crippen molar-refractivity contribution in [2.75, 3.05) is 4.90 Å². The Balaban J connectivity index is 1.58. The van der Waals surface area contributed by atoms with Crippen molar-refractivity contribution in [1.82, 2.24) is 10.3 Å². The van der Waals surface area contributed by atoms with Crippen LogP contribution >= 0.6 is 0 Å². The molecule has 146 valence electrons. The molecule has 8 nitrogen and oxygen atoms in total. The zero-order valence-electron chi connectivity index (χ0n) is 14.9. The van der Waals surface area contributed by atoms with Crippen molar-refractivity contribution >= 4 is 17.8 Å². The normalized spacial score (nSPS) is 22.4. The first-order valence-corrected chi connectivity index (χ1v) is 8.42. The lowest BCUT2D eigenvalue weighted by Gasteiger charge is -2.19. The lowest BCUT2D eigenvalue weighted by Crippen LogP contribution is -2.43. The number of benzene rings is 1. The van der Waals surface area contributed by atoms with E-state index >= 15 is 0 Å². The highest BCUT2D eigenvalue weighted by atomic mass is 19.3. The number of nitrogens with one attached hydrogen (secondary N) is 1. The summed E-state index contributed by atoms with van der Waals surface area (Å²) in [5, 5.41) is 2.64. The summed E-state index contributed by atoms with van der Waals surface area (Å²) < 4.78 is 40.5. The number of nitrogens with zero attached hydrogens (tertiary/aromatic N) is 2. The average Bonchev–Trinajstić information content (AvgIpc) is 3.06. The number of carbonyl (C=O) groups excluding carboxylic acids is 2. The number of pyridine rings is 1. The van der Waals surface area contributed by atoms with Crippen molar-refractivity contribution in [2.45, 2.75) is 32.1 Å². The highest BCUT2D eigenvalue weighted by molar-refractivity contribution is 6.22. The van der Waals surface area contributed by atoms with Gasteiger partial charge >= 0.3 is 12.3 Å². The van der Waals surface area contributed by atoms with Gasteiger partial charge in [-0.2, -0.15) is 4.98 Å². The zero-order chi connectivity index (χ0) is 20.1. The minimum atomic E-state index is -3.73. The number of rotatable bonds is 4. The summed E-state index contributed by atoms with van der Waals surface area (Å²) in [6, 6.07) is 7.88. The molecule has 0 radical (unpaired) electrons. The topological polar surface area (TPSA) is 90.0 Å². The van der Waals surface area contributed by atoms with Gasteiger partial charge in [-0.25, -0.2) is 9.69 Å². The van der Waals surface area contributed by atoms with Gasteiger partial charge in [-0.05, 0) is 31.5 Å². The van der Waals surface area contributed by atoms with Crippen LogP contribution in [-0.2, 0) is 4.79 Å². The fourth-order valence-electron chi connectivity index (χ4n) is 2.83. The Morgan fingerprint density at radius 3 is 2.64 bits per heavy atom. The van der Waals surface area contributed by atoms with E-state index in [9.17, 15) is 18.4 Å². The summed E-state index contributed by atoms with van der Waals surface area (Å²) in [4.78, 5) is 29.9.